The lowest BCUT2D eigenvalue weighted by Gasteiger charge is -2.35. The molecule has 1 atom stereocenters. The van der Waals surface area contributed by atoms with Gasteiger partial charge in [0.15, 0.2) is 0 Å². The summed E-state index contributed by atoms with van der Waals surface area (Å²) in [7, 11) is 4.34. The summed E-state index contributed by atoms with van der Waals surface area (Å²) in [5.74, 6) is 0. The van der Waals surface area contributed by atoms with Gasteiger partial charge in [-0.1, -0.05) is 6.07 Å². The number of hydrogen-bond donors (Lipinski definition) is 1. The number of aromatic nitrogens is 1. The first kappa shape index (κ1) is 10.6. The second kappa shape index (κ2) is 4.29. The van der Waals surface area contributed by atoms with Gasteiger partial charge in [0.2, 0.25) is 0 Å². The van der Waals surface area contributed by atoms with E-state index in [9.17, 15) is 0 Å². The molecule has 1 aromatic rings. The summed E-state index contributed by atoms with van der Waals surface area (Å²) in [5.41, 5.74) is 1.61. The Balaban J connectivity index is 2.14. The third-order valence-electron chi connectivity index (χ3n) is 3.43. The predicted molar refractivity (Wildman–Crippen MR) is 61.8 cm³/mol. The lowest BCUT2D eigenvalue weighted by molar-refractivity contribution is 0.172. The standard InChI is InChI=1S/C12H19N3/c1-15(2)12(5-7-14-10-12)8-11-4-3-6-13-9-11/h3-4,6,9,14H,5,7-8,10H2,1-2H3. The van der Waals surface area contributed by atoms with Crippen LogP contribution < -0.4 is 5.32 Å². The van der Waals surface area contributed by atoms with Crippen LogP contribution in [0.25, 0.3) is 0 Å². The van der Waals surface area contributed by atoms with Crippen molar-refractivity contribution in [2.75, 3.05) is 27.2 Å². The number of nitrogens with zero attached hydrogens (tertiary/aromatic N) is 2. The van der Waals surface area contributed by atoms with Gasteiger partial charge in [-0.05, 0) is 45.1 Å². The van der Waals surface area contributed by atoms with Crippen molar-refractivity contribution in [2.45, 2.75) is 18.4 Å². The van der Waals surface area contributed by atoms with Gasteiger partial charge >= 0.3 is 0 Å². The molecule has 0 saturated carbocycles. The molecule has 2 rings (SSSR count). The van der Waals surface area contributed by atoms with Crippen molar-refractivity contribution >= 4 is 0 Å². The van der Waals surface area contributed by atoms with Crippen LogP contribution in [0, 0.1) is 0 Å². The summed E-state index contributed by atoms with van der Waals surface area (Å²) in [5, 5.41) is 3.45. The first-order valence-corrected chi connectivity index (χ1v) is 5.50. The van der Waals surface area contributed by atoms with E-state index in [1.165, 1.54) is 12.0 Å². The summed E-state index contributed by atoms with van der Waals surface area (Å²) in [6, 6.07) is 4.18. The molecule has 3 nitrogen and oxygen atoms in total. The molecule has 3 heteroatoms. The summed E-state index contributed by atoms with van der Waals surface area (Å²) in [6.07, 6.45) is 6.11. The van der Waals surface area contributed by atoms with Crippen molar-refractivity contribution < 1.29 is 0 Å². The van der Waals surface area contributed by atoms with Crippen molar-refractivity contribution in [3.05, 3.63) is 30.1 Å². The Kier molecular flexibility index (Phi) is 3.03. The van der Waals surface area contributed by atoms with Crippen molar-refractivity contribution in [1.29, 1.82) is 0 Å². The van der Waals surface area contributed by atoms with Gasteiger partial charge in [0.05, 0.1) is 0 Å². The monoisotopic (exact) mass is 205 g/mol. The van der Waals surface area contributed by atoms with E-state index in [1.54, 1.807) is 0 Å². The van der Waals surface area contributed by atoms with Gasteiger partial charge in [-0.3, -0.25) is 4.98 Å². The summed E-state index contributed by atoms with van der Waals surface area (Å²) in [4.78, 5) is 6.53. The van der Waals surface area contributed by atoms with Crippen LogP contribution in [0.3, 0.4) is 0 Å². The third-order valence-corrected chi connectivity index (χ3v) is 3.43. The zero-order valence-corrected chi connectivity index (χ0v) is 9.53. The fourth-order valence-corrected chi connectivity index (χ4v) is 2.30. The quantitative estimate of drug-likeness (QED) is 0.795. The maximum absolute atomic E-state index is 4.18. The molecule has 0 radical (unpaired) electrons. The Morgan fingerprint density at radius 1 is 1.53 bits per heavy atom. The SMILES string of the molecule is CN(C)C1(Cc2cccnc2)CCNC1. The number of pyridine rings is 1. The summed E-state index contributed by atoms with van der Waals surface area (Å²) in [6.45, 7) is 2.20. The second-order valence-corrected chi connectivity index (χ2v) is 4.58. The normalized spacial score (nSPS) is 26.1. The molecule has 1 N–H and O–H groups in total. The van der Waals surface area contributed by atoms with Crippen molar-refractivity contribution in [1.82, 2.24) is 15.2 Å². The van der Waals surface area contributed by atoms with Gasteiger partial charge in [0.1, 0.15) is 0 Å². The Bertz CT molecular complexity index is 302. The molecule has 0 bridgehead atoms. The Morgan fingerprint density at radius 3 is 2.93 bits per heavy atom. The fourth-order valence-electron chi connectivity index (χ4n) is 2.30. The number of rotatable bonds is 3. The highest BCUT2D eigenvalue weighted by Gasteiger charge is 2.35. The zero-order valence-electron chi connectivity index (χ0n) is 9.53. The van der Waals surface area contributed by atoms with Gasteiger partial charge in [-0.2, -0.15) is 0 Å². The van der Waals surface area contributed by atoms with Crippen LogP contribution in [0.1, 0.15) is 12.0 Å². The lowest BCUT2D eigenvalue weighted by Crippen LogP contribution is -2.47. The highest BCUT2D eigenvalue weighted by molar-refractivity contribution is 5.15. The van der Waals surface area contributed by atoms with E-state index in [0.717, 1.165) is 19.5 Å². The van der Waals surface area contributed by atoms with Crippen LogP contribution in [0.4, 0.5) is 0 Å². The minimum absolute atomic E-state index is 0.281. The first-order valence-electron chi connectivity index (χ1n) is 5.50. The molecule has 1 saturated heterocycles. The van der Waals surface area contributed by atoms with E-state index in [4.69, 9.17) is 0 Å². The molecule has 0 amide bonds. The zero-order chi connectivity index (χ0) is 10.7. The van der Waals surface area contributed by atoms with Crippen LogP contribution in [-0.2, 0) is 6.42 Å². The van der Waals surface area contributed by atoms with E-state index < -0.39 is 0 Å². The Morgan fingerprint density at radius 2 is 2.40 bits per heavy atom. The van der Waals surface area contributed by atoms with Gasteiger partial charge in [0.25, 0.3) is 0 Å². The van der Waals surface area contributed by atoms with E-state index >= 15 is 0 Å². The third kappa shape index (κ3) is 2.19. The molecule has 1 aromatic heterocycles. The smallest absolute Gasteiger partial charge is 0.0380 e. The average Bonchev–Trinajstić information content (AvgIpc) is 2.69. The lowest BCUT2D eigenvalue weighted by atomic mass is 9.89. The van der Waals surface area contributed by atoms with Crippen molar-refractivity contribution in [3.63, 3.8) is 0 Å². The van der Waals surface area contributed by atoms with Gasteiger partial charge < -0.3 is 10.2 Å². The minimum atomic E-state index is 0.281. The molecule has 0 aromatic carbocycles. The van der Waals surface area contributed by atoms with Crippen LogP contribution in [-0.4, -0.2) is 42.6 Å². The summed E-state index contributed by atoms with van der Waals surface area (Å²) >= 11 is 0. The molecule has 1 fully saturated rings. The van der Waals surface area contributed by atoms with Crippen molar-refractivity contribution in [2.24, 2.45) is 0 Å². The average molecular weight is 205 g/mol. The van der Waals surface area contributed by atoms with Gasteiger partial charge in [-0.15, -0.1) is 0 Å². The molecule has 1 aliphatic rings. The largest absolute Gasteiger partial charge is 0.315 e. The molecule has 1 unspecified atom stereocenters. The van der Waals surface area contributed by atoms with Crippen LogP contribution >= 0.6 is 0 Å². The molecular weight excluding hydrogens is 186 g/mol. The number of likely N-dealkylation sites (N-methyl/N-ethyl adjacent to an activating group) is 1. The molecule has 0 aliphatic carbocycles. The molecule has 15 heavy (non-hydrogen) atoms. The summed E-state index contributed by atoms with van der Waals surface area (Å²) < 4.78 is 0. The second-order valence-electron chi connectivity index (χ2n) is 4.58. The van der Waals surface area contributed by atoms with Crippen molar-refractivity contribution in [3.8, 4) is 0 Å². The fraction of sp³-hybridized carbons (Fsp3) is 0.583. The predicted octanol–water partition coefficient (Wildman–Crippen LogP) is 0.918. The highest BCUT2D eigenvalue weighted by atomic mass is 15.2. The van der Waals surface area contributed by atoms with E-state index in [2.05, 4.69) is 35.4 Å². The Labute approximate surface area is 91.5 Å². The highest BCUT2D eigenvalue weighted by Crippen LogP contribution is 2.25. The molecule has 0 spiro atoms. The van der Waals surface area contributed by atoms with E-state index in [-0.39, 0.29) is 5.54 Å². The van der Waals surface area contributed by atoms with Crippen LogP contribution in [0.5, 0.6) is 0 Å². The van der Waals surface area contributed by atoms with Crippen LogP contribution in [0.15, 0.2) is 24.5 Å². The molecule has 2 heterocycles. The topological polar surface area (TPSA) is 28.2 Å². The Hall–Kier alpha value is -0.930. The van der Waals surface area contributed by atoms with E-state index in [1.807, 2.05) is 18.5 Å². The minimum Gasteiger partial charge on any atom is -0.315 e. The number of nitrogens with one attached hydrogen (secondary N) is 1. The van der Waals surface area contributed by atoms with Gasteiger partial charge in [-0.25, -0.2) is 0 Å². The maximum atomic E-state index is 4.18. The van der Waals surface area contributed by atoms with Crippen LogP contribution in [0.2, 0.25) is 0 Å². The van der Waals surface area contributed by atoms with E-state index in [0.29, 0.717) is 0 Å². The van der Waals surface area contributed by atoms with Gasteiger partial charge in [0, 0.05) is 24.5 Å². The molecule has 1 aliphatic heterocycles. The molecular formula is C12H19N3. The molecule has 82 valence electrons. The maximum Gasteiger partial charge on any atom is 0.0380 e. The first-order chi connectivity index (χ1) is 7.23. The number of hydrogen-bond acceptors (Lipinski definition) is 3.